The number of unbranched alkanes of at least 4 members (excludes halogenated alkanes) is 26. The van der Waals surface area contributed by atoms with Crippen LogP contribution in [-0.4, -0.2) is 62.0 Å². The van der Waals surface area contributed by atoms with E-state index in [0.29, 0.717) is 25.7 Å². The van der Waals surface area contributed by atoms with Crippen molar-refractivity contribution >= 4 is 25.7 Å². The Morgan fingerprint density at radius 3 is 1.34 bits per heavy atom. The van der Waals surface area contributed by atoms with Gasteiger partial charge in [0.1, 0.15) is 5.60 Å². The van der Waals surface area contributed by atoms with Crippen LogP contribution in [0, 0.1) is 0 Å². The Kier molecular flexibility index (Phi) is 42.3. The third kappa shape index (κ3) is 42.7. The van der Waals surface area contributed by atoms with Crippen molar-refractivity contribution in [3.05, 3.63) is 12.7 Å². The fraction of sp³-hybridized carbons (Fsp3) is 0.904. The van der Waals surface area contributed by atoms with Gasteiger partial charge in [0.2, 0.25) is 11.8 Å². The number of carbonyl (C=O) groups is 3. The van der Waals surface area contributed by atoms with E-state index in [1.54, 1.807) is 20.8 Å². The molecule has 64 heavy (non-hydrogen) atoms. The minimum absolute atomic E-state index is 0.0258. The van der Waals surface area contributed by atoms with Crippen LogP contribution in [0.5, 0.6) is 0 Å². The minimum atomic E-state index is -4.10. The lowest BCUT2D eigenvalue weighted by Gasteiger charge is -2.25. The molecule has 3 atom stereocenters. The fourth-order valence-electron chi connectivity index (χ4n) is 7.80. The number of carbonyl (C=O) groups excluding carboxylic acids is 3. The summed E-state index contributed by atoms with van der Waals surface area (Å²) in [4.78, 5) is 38.8. The van der Waals surface area contributed by atoms with Crippen molar-refractivity contribution in [3.63, 3.8) is 0 Å². The first-order valence-electron chi connectivity index (χ1n) is 26.6. The van der Waals surface area contributed by atoms with Gasteiger partial charge in [0, 0.05) is 25.4 Å². The van der Waals surface area contributed by atoms with Gasteiger partial charge < -0.3 is 20.7 Å². The molecule has 0 fully saturated rings. The van der Waals surface area contributed by atoms with Crippen LogP contribution in [-0.2, 0) is 32.5 Å². The molecule has 0 saturated carbocycles. The lowest BCUT2D eigenvalue weighted by molar-refractivity contribution is -0.123. The van der Waals surface area contributed by atoms with E-state index < -0.39 is 25.6 Å². The second-order valence-corrected chi connectivity index (χ2v) is 20.8. The molecule has 0 saturated heterocycles. The highest BCUT2D eigenvalue weighted by atomic mass is 31.2. The lowest BCUT2D eigenvalue weighted by atomic mass is 9.99. The number of rotatable bonds is 47. The number of phosphoric acid groups is 1. The number of ether oxygens (including phenoxy) is 1. The van der Waals surface area contributed by atoms with E-state index in [9.17, 15) is 18.9 Å². The van der Waals surface area contributed by atoms with Gasteiger partial charge in [-0.2, -0.15) is 0 Å². The topological polar surface area (TPSA) is 141 Å². The van der Waals surface area contributed by atoms with Gasteiger partial charge in [0.15, 0.2) is 0 Å². The van der Waals surface area contributed by atoms with E-state index in [4.69, 9.17) is 18.3 Å². The molecule has 0 bridgehead atoms. The molecule has 0 aromatic rings. The van der Waals surface area contributed by atoms with E-state index in [2.05, 4.69) is 43.3 Å². The zero-order chi connectivity index (χ0) is 47.4. The summed E-state index contributed by atoms with van der Waals surface area (Å²) in [6, 6.07) is -0.523. The molecule has 378 valence electrons. The normalized spacial score (nSPS) is 13.5. The largest absolute Gasteiger partial charge is 0.475 e. The van der Waals surface area contributed by atoms with Gasteiger partial charge in [0.05, 0.1) is 25.9 Å². The minimum Gasteiger partial charge on any atom is -0.444 e. The molecule has 0 aliphatic carbocycles. The summed E-state index contributed by atoms with van der Waals surface area (Å²) in [6.07, 6.45) is 39.1. The van der Waals surface area contributed by atoms with Gasteiger partial charge >= 0.3 is 13.9 Å². The SMILES string of the molecule is C=CCOP(=O)(OCCNC(=O)OC(C)(C)C)OCC(CCC(CCCCCCCCC)NC(=O)CCCCCCCCCCCCC)NC(=O)CCCCCCCCCCCCC. The molecule has 0 heterocycles. The summed E-state index contributed by atoms with van der Waals surface area (Å²) in [5.41, 5.74) is -0.661. The highest BCUT2D eigenvalue weighted by Gasteiger charge is 2.29. The van der Waals surface area contributed by atoms with E-state index in [1.165, 1.54) is 147 Å². The summed E-state index contributed by atoms with van der Waals surface area (Å²) in [6.45, 7) is 15.4. The third-order valence-corrected chi connectivity index (χ3v) is 13.0. The third-order valence-electron chi connectivity index (χ3n) is 11.6. The Morgan fingerprint density at radius 1 is 0.531 bits per heavy atom. The first-order chi connectivity index (χ1) is 30.9. The highest BCUT2D eigenvalue weighted by Crippen LogP contribution is 2.49. The average molecular weight is 928 g/mol. The molecule has 3 N–H and O–H groups in total. The molecule has 0 rings (SSSR count). The Balaban J connectivity index is 5.53. The second-order valence-electron chi connectivity index (χ2n) is 19.2. The molecule has 0 aliphatic rings. The maximum absolute atomic E-state index is 13.8. The van der Waals surface area contributed by atoms with Crippen molar-refractivity contribution in [1.29, 1.82) is 0 Å². The van der Waals surface area contributed by atoms with Crippen molar-refractivity contribution in [3.8, 4) is 0 Å². The average Bonchev–Trinajstić information content (AvgIpc) is 3.25. The zero-order valence-corrected chi connectivity index (χ0v) is 43.4. The molecule has 3 amide bonds. The van der Waals surface area contributed by atoms with Crippen LogP contribution in [0.2, 0.25) is 0 Å². The standard InChI is InChI=1S/C52H102N3O8P/c1-8-12-15-18-21-23-25-27-30-33-36-39-49(56)54-47(38-35-32-29-20-17-14-10-3)41-42-48(55-50(57)40-37-34-31-28-26-24-22-19-16-13-9-2)46-62-64(59,60-44-11-4)61-45-43-53-51(58)63-52(5,6)7/h11,47-48H,4,8-10,12-46H2,1-3,5-7H3,(H,53,58)(H,54,56)(H,55,57). The van der Waals surface area contributed by atoms with Gasteiger partial charge in [-0.1, -0.05) is 200 Å². The summed E-state index contributed by atoms with van der Waals surface area (Å²) >= 11 is 0. The van der Waals surface area contributed by atoms with Gasteiger partial charge in [-0.3, -0.25) is 23.2 Å². The van der Waals surface area contributed by atoms with Crippen molar-refractivity contribution in [2.24, 2.45) is 0 Å². The van der Waals surface area contributed by atoms with Crippen LogP contribution in [0.25, 0.3) is 0 Å². The number of nitrogens with one attached hydrogen (secondary N) is 3. The van der Waals surface area contributed by atoms with E-state index in [0.717, 1.165) is 51.4 Å². The molecule has 11 nitrogen and oxygen atoms in total. The smallest absolute Gasteiger partial charge is 0.444 e. The number of alkyl carbamates (subject to hydrolysis) is 1. The first kappa shape index (κ1) is 62.1. The van der Waals surface area contributed by atoms with Crippen LogP contribution in [0.3, 0.4) is 0 Å². The molecule has 0 aliphatic heterocycles. The van der Waals surface area contributed by atoms with Crippen LogP contribution in [0.4, 0.5) is 4.79 Å². The number of amides is 3. The Morgan fingerprint density at radius 2 is 0.922 bits per heavy atom. The van der Waals surface area contributed by atoms with Crippen LogP contribution in [0.15, 0.2) is 12.7 Å². The molecular weight excluding hydrogens is 826 g/mol. The summed E-state index contributed by atoms with van der Waals surface area (Å²) in [5, 5.41) is 9.11. The molecule has 0 radical (unpaired) electrons. The maximum Gasteiger partial charge on any atom is 0.475 e. The van der Waals surface area contributed by atoms with Gasteiger partial charge in [0.25, 0.3) is 0 Å². The predicted octanol–water partition coefficient (Wildman–Crippen LogP) is 15.1. The predicted molar refractivity (Wildman–Crippen MR) is 268 cm³/mol. The van der Waals surface area contributed by atoms with Crippen LogP contribution >= 0.6 is 7.82 Å². The molecule has 0 aromatic carbocycles. The zero-order valence-electron chi connectivity index (χ0n) is 42.5. The quantitative estimate of drug-likeness (QED) is 0.0311. The number of hydrogen-bond acceptors (Lipinski definition) is 8. The summed E-state index contributed by atoms with van der Waals surface area (Å²) in [7, 11) is -4.10. The second kappa shape index (κ2) is 43.6. The molecule has 0 aromatic heterocycles. The Bertz CT molecular complexity index is 1170. The fourth-order valence-corrected chi connectivity index (χ4v) is 8.99. The van der Waals surface area contributed by atoms with Crippen molar-refractivity contribution < 1.29 is 37.3 Å². The van der Waals surface area contributed by atoms with E-state index >= 15 is 0 Å². The first-order valence-corrected chi connectivity index (χ1v) is 28.0. The lowest BCUT2D eigenvalue weighted by Crippen LogP contribution is -2.41. The molecule has 3 unspecified atom stereocenters. The number of hydrogen-bond donors (Lipinski definition) is 3. The van der Waals surface area contributed by atoms with E-state index in [-0.39, 0.29) is 44.2 Å². The molecule has 12 heteroatoms. The van der Waals surface area contributed by atoms with Crippen LogP contribution < -0.4 is 16.0 Å². The maximum atomic E-state index is 13.8. The van der Waals surface area contributed by atoms with Gasteiger partial charge in [-0.25, -0.2) is 9.36 Å². The van der Waals surface area contributed by atoms with Gasteiger partial charge in [-0.05, 0) is 52.9 Å². The summed E-state index contributed by atoms with van der Waals surface area (Å²) < 4.78 is 36.1. The van der Waals surface area contributed by atoms with Crippen molar-refractivity contribution in [2.45, 2.75) is 278 Å². The monoisotopic (exact) mass is 928 g/mol. The summed E-state index contributed by atoms with van der Waals surface area (Å²) in [5.74, 6) is 0.0194. The number of phosphoric ester groups is 1. The van der Waals surface area contributed by atoms with Gasteiger partial charge in [-0.15, -0.1) is 6.58 Å². The van der Waals surface area contributed by atoms with E-state index in [1.807, 2.05) is 0 Å². The van der Waals surface area contributed by atoms with Crippen LogP contribution in [0.1, 0.15) is 260 Å². The van der Waals surface area contributed by atoms with Crippen molar-refractivity contribution in [1.82, 2.24) is 16.0 Å². The van der Waals surface area contributed by atoms with Crippen molar-refractivity contribution in [2.75, 3.05) is 26.4 Å². The molecule has 0 spiro atoms. The Hall–Kier alpha value is -1.94. The molecular formula is C52H102N3O8P. The Labute approximate surface area is 394 Å². The highest BCUT2D eigenvalue weighted by molar-refractivity contribution is 7.48.